The van der Waals surface area contributed by atoms with Crippen LogP contribution in [0.2, 0.25) is 0 Å². The van der Waals surface area contributed by atoms with Crippen molar-refractivity contribution >= 4 is 11.8 Å². The lowest BCUT2D eigenvalue weighted by Crippen LogP contribution is -2.20. The van der Waals surface area contributed by atoms with Gasteiger partial charge in [-0.15, -0.1) is 0 Å². The number of nitrogens with zero attached hydrogens (tertiary/aromatic N) is 3. The van der Waals surface area contributed by atoms with Gasteiger partial charge in [0.15, 0.2) is 0 Å². The normalized spacial score (nSPS) is 25.8. The Morgan fingerprint density at radius 3 is 2.84 bits per heavy atom. The van der Waals surface area contributed by atoms with Crippen LogP contribution in [0.4, 0.5) is 11.8 Å². The summed E-state index contributed by atoms with van der Waals surface area (Å²) in [6.45, 7) is 2.12. The molecular weight excluding hydrogens is 238 g/mol. The van der Waals surface area contributed by atoms with Crippen molar-refractivity contribution in [2.24, 2.45) is 5.92 Å². The lowest BCUT2D eigenvalue weighted by atomic mass is 9.83. The van der Waals surface area contributed by atoms with E-state index < -0.39 is 0 Å². The van der Waals surface area contributed by atoms with Gasteiger partial charge in [-0.25, -0.2) is 4.98 Å². The molecule has 0 radical (unpaired) electrons. The van der Waals surface area contributed by atoms with E-state index in [-0.39, 0.29) is 0 Å². The second-order valence-electron chi connectivity index (χ2n) is 5.79. The van der Waals surface area contributed by atoms with Crippen LogP contribution in [0.25, 0.3) is 0 Å². The Labute approximate surface area is 112 Å². The van der Waals surface area contributed by atoms with Crippen LogP contribution < -0.4 is 16.0 Å². The van der Waals surface area contributed by atoms with Crippen molar-refractivity contribution in [1.29, 1.82) is 0 Å². The number of nitrogens with one attached hydrogen (secondary N) is 1. The van der Waals surface area contributed by atoms with Gasteiger partial charge in [0.2, 0.25) is 5.95 Å². The van der Waals surface area contributed by atoms with E-state index in [1.165, 1.54) is 31.4 Å². The summed E-state index contributed by atoms with van der Waals surface area (Å²) in [6, 6.07) is 2.12. The fourth-order valence-corrected chi connectivity index (χ4v) is 3.18. The summed E-state index contributed by atoms with van der Waals surface area (Å²) >= 11 is 0. The SMILES string of the molecule is Nc1nc(C2CCC2)cc(N2C=C3NCCC3C2)n1. The third-order valence-electron chi connectivity index (χ3n) is 4.54. The molecule has 0 amide bonds. The van der Waals surface area contributed by atoms with E-state index in [9.17, 15) is 0 Å². The molecule has 100 valence electrons. The number of aromatic nitrogens is 2. The Morgan fingerprint density at radius 1 is 1.21 bits per heavy atom. The summed E-state index contributed by atoms with van der Waals surface area (Å²) in [5.41, 5.74) is 8.35. The third kappa shape index (κ3) is 1.84. The Balaban J connectivity index is 1.64. The second-order valence-corrected chi connectivity index (χ2v) is 5.79. The molecule has 19 heavy (non-hydrogen) atoms. The van der Waals surface area contributed by atoms with Gasteiger partial charge in [-0.3, -0.25) is 0 Å². The number of fused-ring (bicyclic) bond motifs is 1. The highest BCUT2D eigenvalue weighted by Crippen LogP contribution is 2.37. The van der Waals surface area contributed by atoms with Gasteiger partial charge in [0.05, 0.1) is 5.69 Å². The maximum absolute atomic E-state index is 5.87. The molecule has 1 aromatic rings. The van der Waals surface area contributed by atoms with Gasteiger partial charge >= 0.3 is 0 Å². The Bertz CT molecular complexity index is 535. The van der Waals surface area contributed by atoms with Crippen LogP contribution in [0.5, 0.6) is 0 Å². The van der Waals surface area contributed by atoms with E-state index in [4.69, 9.17) is 5.73 Å². The molecule has 1 saturated heterocycles. The van der Waals surface area contributed by atoms with Crippen molar-refractivity contribution in [2.45, 2.75) is 31.6 Å². The van der Waals surface area contributed by atoms with E-state index in [1.54, 1.807) is 0 Å². The minimum Gasteiger partial charge on any atom is -0.387 e. The van der Waals surface area contributed by atoms with Gasteiger partial charge in [0.1, 0.15) is 5.82 Å². The zero-order valence-corrected chi connectivity index (χ0v) is 11.0. The first kappa shape index (κ1) is 11.1. The third-order valence-corrected chi connectivity index (χ3v) is 4.54. The Morgan fingerprint density at radius 2 is 2.11 bits per heavy atom. The number of hydrogen-bond acceptors (Lipinski definition) is 5. The number of anilines is 2. The van der Waals surface area contributed by atoms with Gasteiger partial charge < -0.3 is 16.0 Å². The molecule has 2 aliphatic heterocycles. The molecule has 3 heterocycles. The average Bonchev–Trinajstić information content (AvgIpc) is 2.85. The van der Waals surface area contributed by atoms with Crippen molar-refractivity contribution < 1.29 is 0 Å². The maximum atomic E-state index is 5.87. The van der Waals surface area contributed by atoms with Gasteiger partial charge in [-0.05, 0) is 19.3 Å². The minimum absolute atomic E-state index is 0.405. The quantitative estimate of drug-likeness (QED) is 0.842. The molecule has 1 unspecified atom stereocenters. The predicted molar refractivity (Wildman–Crippen MR) is 74.6 cm³/mol. The van der Waals surface area contributed by atoms with Gasteiger partial charge in [0, 0.05) is 42.9 Å². The van der Waals surface area contributed by atoms with Crippen LogP contribution >= 0.6 is 0 Å². The zero-order chi connectivity index (χ0) is 12.8. The largest absolute Gasteiger partial charge is 0.387 e. The molecule has 0 aromatic carbocycles. The van der Waals surface area contributed by atoms with Crippen LogP contribution in [0.15, 0.2) is 18.0 Å². The highest BCUT2D eigenvalue weighted by atomic mass is 15.2. The van der Waals surface area contributed by atoms with Crippen molar-refractivity contribution in [3.63, 3.8) is 0 Å². The minimum atomic E-state index is 0.405. The summed E-state index contributed by atoms with van der Waals surface area (Å²) in [5.74, 6) is 2.60. The van der Waals surface area contributed by atoms with Gasteiger partial charge in [-0.1, -0.05) is 6.42 Å². The summed E-state index contributed by atoms with van der Waals surface area (Å²) in [4.78, 5) is 11.0. The molecule has 3 aliphatic rings. The van der Waals surface area contributed by atoms with E-state index in [0.29, 0.717) is 17.8 Å². The predicted octanol–water partition coefficient (Wildman–Crippen LogP) is 1.60. The molecule has 4 rings (SSSR count). The average molecular weight is 257 g/mol. The Kier molecular flexibility index (Phi) is 2.40. The van der Waals surface area contributed by atoms with Gasteiger partial charge in [-0.2, -0.15) is 4.98 Å². The molecular formula is C14H19N5. The monoisotopic (exact) mass is 257 g/mol. The summed E-state index contributed by atoms with van der Waals surface area (Å²) < 4.78 is 0. The fourth-order valence-electron chi connectivity index (χ4n) is 3.18. The molecule has 1 saturated carbocycles. The number of nitrogens with two attached hydrogens (primary N) is 1. The number of rotatable bonds is 2. The van der Waals surface area contributed by atoms with Crippen molar-refractivity contribution in [3.8, 4) is 0 Å². The highest BCUT2D eigenvalue weighted by molar-refractivity contribution is 5.50. The molecule has 2 fully saturated rings. The fraction of sp³-hybridized carbons (Fsp3) is 0.571. The first-order valence-electron chi connectivity index (χ1n) is 7.16. The van der Waals surface area contributed by atoms with E-state index >= 15 is 0 Å². The number of nitrogen functional groups attached to an aromatic ring is 1. The highest BCUT2D eigenvalue weighted by Gasteiger charge is 2.30. The van der Waals surface area contributed by atoms with Crippen LogP contribution in [0.3, 0.4) is 0 Å². The lowest BCUT2D eigenvalue weighted by Gasteiger charge is -2.26. The summed E-state index contributed by atoms with van der Waals surface area (Å²) in [7, 11) is 0. The first-order chi connectivity index (χ1) is 9.29. The summed E-state index contributed by atoms with van der Waals surface area (Å²) in [6.07, 6.45) is 7.19. The molecule has 0 bridgehead atoms. The molecule has 5 nitrogen and oxygen atoms in total. The van der Waals surface area contributed by atoms with Crippen LogP contribution in [0, 0.1) is 5.92 Å². The van der Waals surface area contributed by atoms with Gasteiger partial charge in [0.25, 0.3) is 0 Å². The topological polar surface area (TPSA) is 67.1 Å². The molecule has 1 atom stereocenters. The van der Waals surface area contributed by atoms with Crippen LogP contribution in [0.1, 0.15) is 37.3 Å². The van der Waals surface area contributed by atoms with E-state index in [2.05, 4.69) is 32.5 Å². The smallest absolute Gasteiger partial charge is 0.222 e. The van der Waals surface area contributed by atoms with Crippen molar-refractivity contribution in [2.75, 3.05) is 23.7 Å². The van der Waals surface area contributed by atoms with Crippen LogP contribution in [-0.2, 0) is 0 Å². The standard InChI is InChI=1S/C14H19N5/c15-14-17-11(9-2-1-3-9)6-13(18-14)19-7-10-4-5-16-12(10)8-19/h6,8-10,16H,1-5,7H2,(H2,15,17,18). The molecule has 1 aliphatic carbocycles. The summed E-state index contributed by atoms with van der Waals surface area (Å²) in [5, 5.41) is 3.44. The molecule has 3 N–H and O–H groups in total. The van der Waals surface area contributed by atoms with E-state index in [1.807, 2.05) is 0 Å². The first-order valence-corrected chi connectivity index (χ1v) is 7.16. The van der Waals surface area contributed by atoms with Crippen molar-refractivity contribution in [1.82, 2.24) is 15.3 Å². The number of hydrogen-bond donors (Lipinski definition) is 2. The molecule has 1 aromatic heterocycles. The van der Waals surface area contributed by atoms with Crippen LogP contribution in [-0.4, -0.2) is 23.1 Å². The Hall–Kier alpha value is -1.78. The molecule has 0 spiro atoms. The van der Waals surface area contributed by atoms with Crippen molar-refractivity contribution in [3.05, 3.63) is 23.7 Å². The van der Waals surface area contributed by atoms with E-state index in [0.717, 1.165) is 24.6 Å². The lowest BCUT2D eigenvalue weighted by molar-refractivity contribution is 0.411. The molecule has 5 heteroatoms. The maximum Gasteiger partial charge on any atom is 0.222 e. The zero-order valence-electron chi connectivity index (χ0n) is 11.0. The second kappa shape index (κ2) is 4.11.